The molecule has 0 aliphatic heterocycles. The maximum absolute atomic E-state index is 11.9. The minimum atomic E-state index is 0.174. The molecule has 0 spiro atoms. The van der Waals surface area contributed by atoms with E-state index in [9.17, 15) is 4.79 Å². The van der Waals surface area contributed by atoms with Crippen LogP contribution in [0.2, 0.25) is 0 Å². The molecule has 0 aromatic heterocycles. The molecule has 1 aliphatic rings. The van der Waals surface area contributed by atoms with Crippen molar-refractivity contribution in [3.63, 3.8) is 0 Å². The lowest BCUT2D eigenvalue weighted by Gasteiger charge is -2.33. The van der Waals surface area contributed by atoms with Crippen LogP contribution in [0.3, 0.4) is 0 Å². The Bertz CT molecular complexity index is 446. The van der Waals surface area contributed by atoms with Crippen LogP contribution in [-0.4, -0.2) is 18.4 Å². The number of hydrogen-bond acceptors (Lipinski definition) is 2. The first-order chi connectivity index (χ1) is 9.59. The lowest BCUT2D eigenvalue weighted by atomic mass is 10.0. The van der Waals surface area contributed by atoms with Gasteiger partial charge in [-0.3, -0.25) is 4.79 Å². The molecule has 2 heteroatoms. The van der Waals surface area contributed by atoms with Crippen molar-refractivity contribution in [2.45, 2.75) is 58.9 Å². The quantitative estimate of drug-likeness (QED) is 0.701. The summed E-state index contributed by atoms with van der Waals surface area (Å²) in [6.07, 6.45) is 6.37. The Labute approximate surface area is 123 Å². The van der Waals surface area contributed by atoms with E-state index in [0.29, 0.717) is 12.0 Å². The second-order valence-electron chi connectivity index (χ2n) is 6.39. The normalized spacial score (nSPS) is 15.8. The zero-order valence-electron chi connectivity index (χ0n) is 13.1. The maximum atomic E-state index is 11.9. The molecule has 1 aromatic carbocycles. The summed E-state index contributed by atoms with van der Waals surface area (Å²) in [6.45, 7) is 7.27. The van der Waals surface area contributed by atoms with Crippen molar-refractivity contribution in [2.24, 2.45) is 5.92 Å². The third kappa shape index (κ3) is 3.62. The third-order valence-corrected chi connectivity index (χ3v) is 4.31. The lowest BCUT2D eigenvalue weighted by molar-refractivity contribution is 0.101. The van der Waals surface area contributed by atoms with Gasteiger partial charge in [0.2, 0.25) is 0 Å². The first-order valence-electron chi connectivity index (χ1n) is 7.96. The summed E-state index contributed by atoms with van der Waals surface area (Å²) in [5.41, 5.74) is 2.02. The van der Waals surface area contributed by atoms with Crippen molar-refractivity contribution >= 4 is 11.5 Å². The van der Waals surface area contributed by atoms with Gasteiger partial charge in [-0.15, -0.1) is 0 Å². The molecule has 1 aliphatic carbocycles. The molecule has 0 N–H and O–H groups in total. The van der Waals surface area contributed by atoms with Gasteiger partial charge in [0.25, 0.3) is 0 Å². The summed E-state index contributed by atoms with van der Waals surface area (Å²) < 4.78 is 0. The monoisotopic (exact) mass is 273 g/mol. The molecule has 0 heterocycles. The maximum Gasteiger partial charge on any atom is 0.161 e. The van der Waals surface area contributed by atoms with Crippen LogP contribution in [-0.2, 0) is 0 Å². The highest BCUT2D eigenvalue weighted by molar-refractivity contribution is 5.99. The van der Waals surface area contributed by atoms with Crippen molar-refractivity contribution in [2.75, 3.05) is 11.4 Å². The molecule has 0 saturated heterocycles. The standard InChI is InChI=1S/C18H27NO/c1-14(2)12-13-19(16-8-4-5-9-16)18-11-7-6-10-17(18)15(3)20/h6-7,10-11,14,16H,4-5,8-9,12-13H2,1-3H3. The van der Waals surface area contributed by atoms with E-state index in [1.807, 2.05) is 12.1 Å². The Morgan fingerprint density at radius 2 is 1.90 bits per heavy atom. The van der Waals surface area contributed by atoms with Gasteiger partial charge in [0, 0.05) is 23.8 Å². The fraction of sp³-hybridized carbons (Fsp3) is 0.611. The Hall–Kier alpha value is -1.31. The molecule has 1 saturated carbocycles. The fourth-order valence-corrected chi connectivity index (χ4v) is 3.13. The van der Waals surface area contributed by atoms with E-state index in [1.54, 1.807) is 6.92 Å². The summed E-state index contributed by atoms with van der Waals surface area (Å²) in [4.78, 5) is 14.4. The minimum Gasteiger partial charge on any atom is -0.368 e. The number of Topliss-reactive ketones (excluding diaryl/α,β-unsaturated/α-hetero) is 1. The van der Waals surface area contributed by atoms with Gasteiger partial charge in [-0.2, -0.15) is 0 Å². The predicted molar refractivity (Wildman–Crippen MR) is 85.5 cm³/mol. The van der Waals surface area contributed by atoms with Crippen LogP contribution in [0, 0.1) is 5.92 Å². The van der Waals surface area contributed by atoms with Crippen LogP contribution >= 0.6 is 0 Å². The summed E-state index contributed by atoms with van der Waals surface area (Å²) in [5, 5.41) is 0. The Morgan fingerprint density at radius 1 is 1.25 bits per heavy atom. The molecule has 110 valence electrons. The summed E-state index contributed by atoms with van der Waals surface area (Å²) in [7, 11) is 0. The minimum absolute atomic E-state index is 0.174. The highest BCUT2D eigenvalue weighted by Crippen LogP contribution is 2.31. The van der Waals surface area contributed by atoms with Crippen LogP contribution in [0.1, 0.15) is 63.2 Å². The topological polar surface area (TPSA) is 20.3 Å². The summed E-state index contributed by atoms with van der Waals surface area (Å²) >= 11 is 0. The van der Waals surface area contributed by atoms with E-state index in [4.69, 9.17) is 0 Å². The molecule has 0 unspecified atom stereocenters. The second kappa shape index (κ2) is 6.92. The average molecular weight is 273 g/mol. The van der Waals surface area contributed by atoms with Crippen LogP contribution in [0.5, 0.6) is 0 Å². The number of benzene rings is 1. The van der Waals surface area contributed by atoms with Gasteiger partial charge in [-0.05, 0) is 44.2 Å². The fourth-order valence-electron chi connectivity index (χ4n) is 3.13. The number of rotatable bonds is 6. The lowest BCUT2D eigenvalue weighted by Crippen LogP contribution is -2.35. The first kappa shape index (κ1) is 15.1. The van der Waals surface area contributed by atoms with Crippen molar-refractivity contribution in [3.8, 4) is 0 Å². The Balaban J connectivity index is 2.27. The Kier molecular flexibility index (Phi) is 5.22. The molecule has 0 radical (unpaired) electrons. The number of hydrogen-bond donors (Lipinski definition) is 0. The van der Waals surface area contributed by atoms with E-state index >= 15 is 0 Å². The van der Waals surface area contributed by atoms with Crippen LogP contribution in [0.4, 0.5) is 5.69 Å². The van der Waals surface area contributed by atoms with E-state index in [-0.39, 0.29) is 5.78 Å². The molecule has 20 heavy (non-hydrogen) atoms. The van der Waals surface area contributed by atoms with Crippen molar-refractivity contribution in [1.29, 1.82) is 0 Å². The number of anilines is 1. The largest absolute Gasteiger partial charge is 0.368 e. The molecular formula is C18H27NO. The molecular weight excluding hydrogens is 246 g/mol. The van der Waals surface area contributed by atoms with E-state index in [1.165, 1.54) is 32.1 Å². The summed E-state index contributed by atoms with van der Waals surface area (Å²) in [6, 6.07) is 8.73. The SMILES string of the molecule is CC(=O)c1ccccc1N(CCC(C)C)C1CCCC1. The van der Waals surface area contributed by atoms with Gasteiger partial charge in [-0.1, -0.05) is 38.8 Å². The number of ketones is 1. The number of carbonyl (C=O) groups excluding carboxylic acids is 1. The second-order valence-corrected chi connectivity index (χ2v) is 6.39. The van der Waals surface area contributed by atoms with Crippen molar-refractivity contribution in [3.05, 3.63) is 29.8 Å². The van der Waals surface area contributed by atoms with Crippen LogP contribution in [0.25, 0.3) is 0 Å². The third-order valence-electron chi connectivity index (χ3n) is 4.31. The molecule has 2 rings (SSSR count). The summed E-state index contributed by atoms with van der Waals surface area (Å²) in [5.74, 6) is 0.872. The van der Waals surface area contributed by atoms with Crippen molar-refractivity contribution in [1.82, 2.24) is 0 Å². The average Bonchev–Trinajstić information content (AvgIpc) is 2.93. The highest BCUT2D eigenvalue weighted by atomic mass is 16.1. The smallest absolute Gasteiger partial charge is 0.161 e. The number of nitrogens with zero attached hydrogens (tertiary/aromatic N) is 1. The van der Waals surface area contributed by atoms with Crippen LogP contribution in [0.15, 0.2) is 24.3 Å². The van der Waals surface area contributed by atoms with Crippen molar-refractivity contribution < 1.29 is 4.79 Å². The molecule has 1 fully saturated rings. The van der Waals surface area contributed by atoms with E-state index < -0.39 is 0 Å². The molecule has 0 bridgehead atoms. The van der Waals surface area contributed by atoms with Gasteiger partial charge in [0.1, 0.15) is 0 Å². The zero-order chi connectivity index (χ0) is 14.5. The molecule has 0 atom stereocenters. The Morgan fingerprint density at radius 3 is 2.50 bits per heavy atom. The van der Waals surface area contributed by atoms with Gasteiger partial charge in [0.15, 0.2) is 5.78 Å². The highest BCUT2D eigenvalue weighted by Gasteiger charge is 2.25. The number of para-hydroxylation sites is 1. The molecule has 1 aromatic rings. The zero-order valence-corrected chi connectivity index (χ0v) is 13.1. The van der Waals surface area contributed by atoms with Gasteiger partial charge in [0.05, 0.1) is 0 Å². The van der Waals surface area contributed by atoms with Crippen LogP contribution < -0.4 is 4.90 Å². The van der Waals surface area contributed by atoms with E-state index in [2.05, 4.69) is 30.9 Å². The predicted octanol–water partition coefficient (Wildman–Crippen LogP) is 4.68. The van der Waals surface area contributed by atoms with E-state index in [0.717, 1.165) is 17.8 Å². The van der Waals surface area contributed by atoms with Gasteiger partial charge in [-0.25, -0.2) is 0 Å². The van der Waals surface area contributed by atoms with Gasteiger partial charge >= 0.3 is 0 Å². The number of carbonyl (C=O) groups is 1. The molecule has 2 nitrogen and oxygen atoms in total. The van der Waals surface area contributed by atoms with Gasteiger partial charge < -0.3 is 4.90 Å². The molecule has 0 amide bonds. The first-order valence-corrected chi connectivity index (χ1v) is 7.96.